The minimum absolute atomic E-state index is 0.234. The van der Waals surface area contributed by atoms with E-state index in [-0.39, 0.29) is 17.5 Å². The number of hydrogen-bond donors (Lipinski definition) is 0. The number of ketones is 1. The fourth-order valence-electron chi connectivity index (χ4n) is 2.99. The Bertz CT molecular complexity index is 818. The molecule has 0 saturated heterocycles. The van der Waals surface area contributed by atoms with Gasteiger partial charge in [-0.25, -0.2) is 0 Å². The number of esters is 1. The third-order valence-electron chi connectivity index (χ3n) is 4.09. The van der Waals surface area contributed by atoms with Crippen molar-refractivity contribution in [1.82, 2.24) is 4.57 Å². The van der Waals surface area contributed by atoms with E-state index in [9.17, 15) is 13.8 Å². The minimum atomic E-state index is -1.41. The number of fused-ring (bicyclic) bond motifs is 1. The van der Waals surface area contributed by atoms with Crippen LogP contribution < -0.4 is 0 Å². The van der Waals surface area contributed by atoms with Crippen LogP contribution in [-0.4, -0.2) is 33.4 Å². The summed E-state index contributed by atoms with van der Waals surface area (Å²) in [7, 11) is -0.0713. The Kier molecular flexibility index (Phi) is 4.53. The second kappa shape index (κ2) is 6.60. The van der Waals surface area contributed by atoms with Crippen molar-refractivity contribution in [2.75, 3.05) is 12.9 Å². The highest BCUT2D eigenvalue weighted by atomic mass is 32.2. The molecule has 0 N–H and O–H groups in total. The molecule has 3 heterocycles. The van der Waals surface area contributed by atoms with Crippen LogP contribution in [0.5, 0.6) is 0 Å². The first kappa shape index (κ1) is 16.4. The first-order chi connectivity index (χ1) is 11.6. The zero-order valence-corrected chi connectivity index (χ0v) is 14.0. The molecule has 0 amide bonds. The van der Waals surface area contributed by atoms with Crippen LogP contribution in [0.1, 0.15) is 34.1 Å². The Morgan fingerprint density at radius 2 is 2.33 bits per heavy atom. The van der Waals surface area contributed by atoms with Crippen LogP contribution in [0.2, 0.25) is 0 Å². The number of aromatic nitrogens is 1. The highest BCUT2D eigenvalue weighted by molar-refractivity contribution is 7.85. The molecule has 0 saturated carbocycles. The molecule has 126 valence electrons. The molecule has 0 spiro atoms. The molecule has 0 radical (unpaired) electrons. The molecule has 1 aliphatic rings. The minimum Gasteiger partial charge on any atom is -0.472 e. The Balaban J connectivity index is 2.12. The number of carbonyl (C=O) groups excluding carboxylic acids is 2. The number of furan rings is 1. The summed E-state index contributed by atoms with van der Waals surface area (Å²) in [6.07, 6.45) is 4.87. The van der Waals surface area contributed by atoms with Gasteiger partial charge in [0.1, 0.15) is 12.0 Å². The van der Waals surface area contributed by atoms with E-state index in [1.807, 2.05) is 0 Å². The summed E-state index contributed by atoms with van der Waals surface area (Å²) < 4.78 is 24.1. The van der Waals surface area contributed by atoms with E-state index in [1.54, 1.807) is 22.8 Å². The van der Waals surface area contributed by atoms with Crippen molar-refractivity contribution >= 4 is 22.6 Å². The van der Waals surface area contributed by atoms with Gasteiger partial charge in [0.25, 0.3) is 0 Å². The first-order valence-corrected chi connectivity index (χ1v) is 8.77. The van der Waals surface area contributed by atoms with Crippen molar-refractivity contribution < 1.29 is 23.0 Å². The smallest absolute Gasteiger partial charge is 0.314 e. The lowest BCUT2D eigenvalue weighted by Crippen LogP contribution is -2.12. The van der Waals surface area contributed by atoms with E-state index in [1.165, 1.54) is 19.6 Å². The van der Waals surface area contributed by atoms with Crippen molar-refractivity contribution in [3.63, 3.8) is 0 Å². The standard InChI is InChI=1S/C17H17NO5S/c1-3-8-24(21)14-9-13-12(17(20)22-2)4-6-18(13)15(14)16(19)11-5-7-23-10-11/h3,5,7,9-10,12H,1,4,6,8H2,2H3. The first-order valence-electron chi connectivity index (χ1n) is 7.46. The number of nitrogens with zero attached hydrogens (tertiary/aromatic N) is 1. The quantitative estimate of drug-likeness (QED) is 0.455. The fraction of sp³-hybridized carbons (Fsp3) is 0.294. The Labute approximate surface area is 141 Å². The van der Waals surface area contributed by atoms with Crippen molar-refractivity contribution in [1.29, 1.82) is 0 Å². The van der Waals surface area contributed by atoms with Gasteiger partial charge < -0.3 is 13.7 Å². The number of methoxy groups -OCH3 is 1. The lowest BCUT2D eigenvalue weighted by atomic mass is 10.1. The Morgan fingerprint density at radius 3 is 2.96 bits per heavy atom. The predicted octanol–water partition coefficient (Wildman–Crippen LogP) is 2.27. The van der Waals surface area contributed by atoms with E-state index in [0.717, 1.165) is 0 Å². The molecule has 0 aliphatic carbocycles. The number of ether oxygens (including phenoxy) is 1. The summed E-state index contributed by atoms with van der Waals surface area (Å²) in [5.74, 6) is -0.833. The predicted molar refractivity (Wildman–Crippen MR) is 87.4 cm³/mol. The van der Waals surface area contributed by atoms with Crippen molar-refractivity contribution in [3.05, 3.63) is 54.3 Å². The van der Waals surface area contributed by atoms with Crippen molar-refractivity contribution in [2.24, 2.45) is 0 Å². The molecule has 6 nitrogen and oxygen atoms in total. The average Bonchev–Trinajstić information content (AvgIpc) is 3.29. The molecule has 1 aliphatic heterocycles. The van der Waals surface area contributed by atoms with Gasteiger partial charge in [0.05, 0.1) is 40.5 Å². The van der Waals surface area contributed by atoms with Gasteiger partial charge in [-0.1, -0.05) is 6.08 Å². The highest BCUT2D eigenvalue weighted by Crippen LogP contribution is 2.36. The summed E-state index contributed by atoms with van der Waals surface area (Å²) in [5.41, 5.74) is 1.40. The molecule has 3 rings (SSSR count). The SMILES string of the molecule is C=CCS(=O)c1cc2n(c1C(=O)c1ccoc1)CCC2C(=O)OC. The summed E-state index contributed by atoms with van der Waals surface area (Å²) >= 11 is 0. The van der Waals surface area contributed by atoms with E-state index >= 15 is 0 Å². The van der Waals surface area contributed by atoms with Gasteiger partial charge in [0.2, 0.25) is 5.78 Å². The van der Waals surface area contributed by atoms with Gasteiger partial charge in [0, 0.05) is 18.0 Å². The molecular formula is C17H17NO5S. The van der Waals surface area contributed by atoms with E-state index < -0.39 is 16.7 Å². The van der Waals surface area contributed by atoms with Crippen LogP contribution in [0.15, 0.2) is 46.6 Å². The third-order valence-corrected chi connectivity index (χ3v) is 5.43. The molecule has 0 aromatic carbocycles. The molecule has 2 aromatic rings. The van der Waals surface area contributed by atoms with Gasteiger partial charge >= 0.3 is 5.97 Å². The van der Waals surface area contributed by atoms with E-state index in [0.29, 0.717) is 34.8 Å². The Morgan fingerprint density at radius 1 is 1.54 bits per heavy atom. The fourth-order valence-corrected chi connectivity index (χ4v) is 4.06. The van der Waals surface area contributed by atoms with Crippen LogP contribution in [0.3, 0.4) is 0 Å². The van der Waals surface area contributed by atoms with Gasteiger partial charge in [-0.15, -0.1) is 6.58 Å². The van der Waals surface area contributed by atoms with Crippen molar-refractivity contribution in [3.8, 4) is 0 Å². The zero-order chi connectivity index (χ0) is 17.3. The monoisotopic (exact) mass is 347 g/mol. The maximum absolute atomic E-state index is 12.8. The topological polar surface area (TPSA) is 78.5 Å². The molecule has 24 heavy (non-hydrogen) atoms. The number of carbonyl (C=O) groups is 2. The van der Waals surface area contributed by atoms with Gasteiger partial charge in [-0.3, -0.25) is 13.8 Å². The lowest BCUT2D eigenvalue weighted by Gasteiger charge is -2.07. The molecule has 0 bridgehead atoms. The van der Waals surface area contributed by atoms with Gasteiger partial charge in [-0.2, -0.15) is 0 Å². The van der Waals surface area contributed by atoms with Crippen LogP contribution in [-0.2, 0) is 26.9 Å². The lowest BCUT2D eigenvalue weighted by molar-refractivity contribution is -0.142. The summed E-state index contributed by atoms with van der Waals surface area (Å²) in [5, 5.41) is 0. The maximum atomic E-state index is 12.8. The van der Waals surface area contributed by atoms with Crippen LogP contribution >= 0.6 is 0 Å². The van der Waals surface area contributed by atoms with E-state index in [4.69, 9.17) is 9.15 Å². The van der Waals surface area contributed by atoms with Gasteiger partial charge in [0.15, 0.2) is 0 Å². The summed E-state index contributed by atoms with van der Waals surface area (Å²) in [6.45, 7) is 4.10. The van der Waals surface area contributed by atoms with Crippen molar-refractivity contribution in [2.45, 2.75) is 23.8 Å². The molecule has 2 unspecified atom stereocenters. The molecule has 2 aromatic heterocycles. The van der Waals surface area contributed by atoms with Crippen LogP contribution in [0.4, 0.5) is 0 Å². The van der Waals surface area contributed by atoms with E-state index in [2.05, 4.69) is 6.58 Å². The number of rotatable bonds is 6. The summed E-state index contributed by atoms with van der Waals surface area (Å²) in [4.78, 5) is 25.2. The summed E-state index contributed by atoms with van der Waals surface area (Å²) in [6, 6.07) is 3.25. The second-order valence-corrected chi connectivity index (χ2v) is 6.90. The third kappa shape index (κ3) is 2.65. The van der Waals surface area contributed by atoms with Gasteiger partial charge in [-0.05, 0) is 18.6 Å². The molecule has 2 atom stereocenters. The molecular weight excluding hydrogens is 330 g/mol. The average molecular weight is 347 g/mol. The van der Waals surface area contributed by atoms with Crippen LogP contribution in [0, 0.1) is 0 Å². The normalized spacial score (nSPS) is 17.3. The number of hydrogen-bond acceptors (Lipinski definition) is 5. The molecule has 0 fully saturated rings. The highest BCUT2D eigenvalue weighted by Gasteiger charge is 2.36. The second-order valence-electron chi connectivity index (χ2n) is 5.44. The maximum Gasteiger partial charge on any atom is 0.314 e. The van der Waals surface area contributed by atoms with Crippen LogP contribution in [0.25, 0.3) is 0 Å². The largest absolute Gasteiger partial charge is 0.472 e. The zero-order valence-electron chi connectivity index (χ0n) is 13.2. The molecule has 7 heteroatoms. The Hall–Kier alpha value is -2.41.